The molecule has 0 spiro atoms. The van der Waals surface area contributed by atoms with Gasteiger partial charge in [0.1, 0.15) is 11.3 Å². The predicted molar refractivity (Wildman–Crippen MR) is 111 cm³/mol. The Balaban J connectivity index is 1.63. The lowest BCUT2D eigenvalue weighted by molar-refractivity contribution is -0.384. The van der Waals surface area contributed by atoms with Gasteiger partial charge in [0.05, 0.1) is 14.3 Å². The van der Waals surface area contributed by atoms with Gasteiger partial charge in [0.25, 0.3) is 11.6 Å². The van der Waals surface area contributed by atoms with Crippen molar-refractivity contribution in [3.05, 3.63) is 62.8 Å². The van der Waals surface area contributed by atoms with E-state index in [0.717, 1.165) is 22.2 Å². The number of para-hydroxylation sites is 1. The molecule has 1 heterocycles. The quantitative estimate of drug-likeness (QED) is 0.300. The molecule has 152 valence electrons. The molecule has 0 bridgehead atoms. The van der Waals surface area contributed by atoms with Crippen LogP contribution in [-0.4, -0.2) is 38.6 Å². The minimum Gasteiger partial charge on any atom is -0.450 e. The monoisotopic (exact) mass is 481 g/mol. The Morgan fingerprint density at radius 3 is 2.62 bits per heavy atom. The highest BCUT2D eigenvalue weighted by atomic mass is 79.9. The molecule has 0 radical (unpaired) electrons. The van der Waals surface area contributed by atoms with Gasteiger partial charge < -0.3 is 15.1 Å². The predicted octanol–water partition coefficient (Wildman–Crippen LogP) is 3.35. The van der Waals surface area contributed by atoms with E-state index in [0.29, 0.717) is 5.58 Å². The van der Waals surface area contributed by atoms with E-state index in [1.165, 1.54) is 12.1 Å². The molecule has 9 nitrogen and oxygen atoms in total. The van der Waals surface area contributed by atoms with Crippen LogP contribution in [0.4, 0.5) is 11.4 Å². The van der Waals surface area contributed by atoms with E-state index < -0.39 is 20.7 Å². The van der Waals surface area contributed by atoms with Gasteiger partial charge in [0, 0.05) is 30.8 Å². The largest absolute Gasteiger partial charge is 0.450 e. The second kappa shape index (κ2) is 8.21. The zero-order valence-corrected chi connectivity index (χ0v) is 17.5. The van der Waals surface area contributed by atoms with E-state index in [1.807, 2.05) is 12.1 Å². The minimum absolute atomic E-state index is 0.140. The summed E-state index contributed by atoms with van der Waals surface area (Å²) < 4.78 is 29.4. The van der Waals surface area contributed by atoms with Crippen LogP contribution in [0.25, 0.3) is 11.0 Å². The molecule has 3 rings (SSSR count). The highest BCUT2D eigenvalue weighted by Crippen LogP contribution is 2.28. The number of benzene rings is 2. The molecule has 11 heteroatoms. The van der Waals surface area contributed by atoms with Gasteiger partial charge in [0.15, 0.2) is 15.6 Å². The van der Waals surface area contributed by atoms with Gasteiger partial charge >= 0.3 is 0 Å². The number of fused-ring (bicyclic) bond motifs is 1. The first-order chi connectivity index (χ1) is 13.7. The first-order valence-electron chi connectivity index (χ1n) is 8.35. The van der Waals surface area contributed by atoms with Crippen LogP contribution in [0.1, 0.15) is 10.6 Å². The maximum absolute atomic E-state index is 12.2. The normalized spacial score (nSPS) is 11.4. The highest BCUT2D eigenvalue weighted by Gasteiger charge is 2.19. The van der Waals surface area contributed by atoms with Gasteiger partial charge in [-0.25, -0.2) is 8.42 Å². The Morgan fingerprint density at radius 1 is 1.21 bits per heavy atom. The average Bonchev–Trinajstić information content (AvgIpc) is 3.10. The van der Waals surface area contributed by atoms with Crippen LogP contribution in [0.3, 0.4) is 0 Å². The third kappa shape index (κ3) is 4.74. The van der Waals surface area contributed by atoms with Crippen molar-refractivity contribution in [2.24, 2.45) is 0 Å². The Hall–Kier alpha value is -2.92. The Labute approximate surface area is 174 Å². The fourth-order valence-corrected chi connectivity index (χ4v) is 3.75. The molecule has 2 aromatic carbocycles. The van der Waals surface area contributed by atoms with Crippen LogP contribution < -0.4 is 10.6 Å². The maximum Gasteiger partial charge on any atom is 0.293 e. The number of halogens is 1. The average molecular weight is 482 g/mol. The fraction of sp³-hybridized carbons (Fsp3) is 0.167. The van der Waals surface area contributed by atoms with Crippen LogP contribution in [0.5, 0.6) is 0 Å². The molecule has 0 fully saturated rings. The van der Waals surface area contributed by atoms with Gasteiger partial charge in [-0.3, -0.25) is 14.9 Å². The number of hydrogen-bond donors (Lipinski definition) is 2. The molecule has 29 heavy (non-hydrogen) atoms. The molecule has 3 aromatic rings. The number of rotatable bonds is 7. The van der Waals surface area contributed by atoms with Gasteiger partial charge in [-0.1, -0.05) is 12.1 Å². The topological polar surface area (TPSA) is 132 Å². The van der Waals surface area contributed by atoms with Crippen LogP contribution in [0.15, 0.2) is 56.2 Å². The van der Waals surface area contributed by atoms with Crippen molar-refractivity contribution in [3.63, 3.8) is 0 Å². The van der Waals surface area contributed by atoms with Crippen LogP contribution in [0.2, 0.25) is 0 Å². The zero-order chi connectivity index (χ0) is 21.2. The van der Waals surface area contributed by atoms with Crippen molar-refractivity contribution in [1.82, 2.24) is 5.32 Å². The Morgan fingerprint density at radius 2 is 1.97 bits per heavy atom. The van der Waals surface area contributed by atoms with E-state index in [2.05, 4.69) is 26.6 Å². The van der Waals surface area contributed by atoms with Crippen molar-refractivity contribution < 1.29 is 22.6 Å². The number of nitro benzene ring substituents is 1. The molecular weight excluding hydrogens is 466 g/mol. The van der Waals surface area contributed by atoms with Crippen LogP contribution in [0, 0.1) is 10.1 Å². The Bertz CT molecular complexity index is 1210. The molecule has 1 aromatic heterocycles. The lowest BCUT2D eigenvalue weighted by Crippen LogP contribution is -2.28. The smallest absolute Gasteiger partial charge is 0.293 e. The number of furan rings is 1. The third-order valence-electron chi connectivity index (χ3n) is 4.04. The number of nitrogens with zero attached hydrogens (tertiary/aromatic N) is 1. The second-order valence-corrected chi connectivity index (χ2v) is 9.03. The van der Waals surface area contributed by atoms with Crippen LogP contribution >= 0.6 is 15.9 Å². The lowest BCUT2D eigenvalue weighted by atomic mass is 10.2. The molecule has 0 aliphatic carbocycles. The fourth-order valence-electron chi connectivity index (χ4n) is 2.64. The number of amides is 1. The number of nitrogens with one attached hydrogen (secondary N) is 2. The molecule has 2 N–H and O–H groups in total. The summed E-state index contributed by atoms with van der Waals surface area (Å²) in [5, 5.41) is 17.5. The maximum atomic E-state index is 12.2. The summed E-state index contributed by atoms with van der Waals surface area (Å²) in [6.07, 6.45) is 0.977. The van der Waals surface area contributed by atoms with Crippen molar-refractivity contribution in [3.8, 4) is 0 Å². The third-order valence-corrected chi connectivity index (χ3v) is 5.77. The highest BCUT2D eigenvalue weighted by molar-refractivity contribution is 9.10. The van der Waals surface area contributed by atoms with Crippen LogP contribution in [-0.2, 0) is 9.84 Å². The number of hydrogen-bond acceptors (Lipinski definition) is 7. The summed E-state index contributed by atoms with van der Waals surface area (Å²) in [5.41, 5.74) is 0.364. The summed E-state index contributed by atoms with van der Waals surface area (Å²) in [5.74, 6) is -0.271. The SMILES string of the molecule is CS(=O)(=O)c1ccc(NCCNC(=O)c2cc3cccc(Br)c3o2)c([N+](=O)[O-])c1. The lowest BCUT2D eigenvalue weighted by Gasteiger charge is -2.09. The molecular formula is C18H16BrN3O6S. The van der Waals surface area contributed by atoms with Crippen molar-refractivity contribution in [2.75, 3.05) is 24.7 Å². The van der Waals surface area contributed by atoms with E-state index in [1.54, 1.807) is 12.1 Å². The minimum atomic E-state index is -3.56. The summed E-state index contributed by atoms with van der Waals surface area (Å²) in [7, 11) is -3.56. The van der Waals surface area contributed by atoms with E-state index in [4.69, 9.17) is 4.42 Å². The summed E-state index contributed by atoms with van der Waals surface area (Å²) in [4.78, 5) is 22.7. The molecule has 0 aliphatic heterocycles. The first-order valence-corrected chi connectivity index (χ1v) is 11.0. The van der Waals surface area contributed by atoms with Crippen molar-refractivity contribution >= 4 is 54.0 Å². The Kier molecular flexibility index (Phi) is 5.89. The number of nitro groups is 1. The van der Waals surface area contributed by atoms with E-state index in [-0.39, 0.29) is 35.1 Å². The molecule has 0 aliphatic rings. The van der Waals surface area contributed by atoms with Gasteiger partial charge in [-0.05, 0) is 40.2 Å². The summed E-state index contributed by atoms with van der Waals surface area (Å²) in [6, 6.07) is 10.7. The molecule has 0 saturated carbocycles. The molecule has 0 atom stereocenters. The number of carbonyl (C=O) groups excluding carboxylic acids is 1. The number of sulfone groups is 1. The van der Waals surface area contributed by atoms with Crippen molar-refractivity contribution in [1.29, 1.82) is 0 Å². The number of anilines is 1. The van der Waals surface area contributed by atoms with Gasteiger partial charge in [-0.2, -0.15) is 0 Å². The van der Waals surface area contributed by atoms with Crippen molar-refractivity contribution in [2.45, 2.75) is 4.90 Å². The molecule has 0 saturated heterocycles. The second-order valence-electron chi connectivity index (χ2n) is 6.16. The van der Waals surface area contributed by atoms with E-state index >= 15 is 0 Å². The van der Waals surface area contributed by atoms with E-state index in [9.17, 15) is 23.3 Å². The summed E-state index contributed by atoms with van der Waals surface area (Å²) in [6.45, 7) is 0.358. The first kappa shape index (κ1) is 20.8. The zero-order valence-electron chi connectivity index (χ0n) is 15.1. The molecule has 0 unspecified atom stereocenters. The molecule has 1 amide bonds. The number of carbonyl (C=O) groups is 1. The van der Waals surface area contributed by atoms with Gasteiger partial charge in [-0.15, -0.1) is 0 Å². The summed E-state index contributed by atoms with van der Waals surface area (Å²) >= 11 is 3.36. The van der Waals surface area contributed by atoms with Gasteiger partial charge in [0.2, 0.25) is 0 Å². The standard InChI is InChI=1S/C18H16BrN3O6S/c1-29(26,27)12-5-6-14(15(10-12)22(24)25)20-7-8-21-18(23)16-9-11-3-2-4-13(19)17(11)28-16/h2-6,9-10,20H,7-8H2,1H3,(H,21,23).